The van der Waals surface area contributed by atoms with Gasteiger partial charge in [0.2, 0.25) is 0 Å². The van der Waals surface area contributed by atoms with E-state index in [-0.39, 0.29) is 6.04 Å². The van der Waals surface area contributed by atoms with Crippen LogP contribution in [0, 0.1) is 6.92 Å². The van der Waals surface area contributed by atoms with Gasteiger partial charge in [0.25, 0.3) is 0 Å². The molecule has 1 atom stereocenters. The molecule has 168 valence electrons. The first-order valence-corrected chi connectivity index (χ1v) is 11.0. The fourth-order valence-corrected chi connectivity index (χ4v) is 4.31. The predicted octanol–water partition coefficient (Wildman–Crippen LogP) is 2.45. The lowest BCUT2D eigenvalue weighted by Crippen LogP contribution is -2.36. The van der Waals surface area contributed by atoms with Crippen LogP contribution in [0.4, 0.5) is 5.82 Å². The molecule has 5 rings (SSSR count). The van der Waals surface area contributed by atoms with Gasteiger partial charge in [-0.2, -0.15) is 0 Å². The van der Waals surface area contributed by atoms with Crippen molar-refractivity contribution in [2.24, 2.45) is 0 Å². The third-order valence-electron chi connectivity index (χ3n) is 5.94. The quantitative estimate of drug-likeness (QED) is 0.455. The van der Waals surface area contributed by atoms with Gasteiger partial charge in [-0.3, -0.25) is 4.40 Å². The number of nitrogens with zero attached hydrogens (tertiary/aromatic N) is 8. The highest BCUT2D eigenvalue weighted by Crippen LogP contribution is 2.30. The molecule has 4 aromatic heterocycles. The molecule has 0 saturated carbocycles. The molecule has 0 bridgehead atoms. The molecule has 0 aromatic carbocycles. The first-order valence-electron chi connectivity index (χ1n) is 11.0. The van der Waals surface area contributed by atoms with Crippen molar-refractivity contribution in [1.82, 2.24) is 34.1 Å². The molecule has 0 amide bonds. The Labute approximate surface area is 186 Å². The van der Waals surface area contributed by atoms with Crippen LogP contribution in [0.2, 0.25) is 0 Å². The summed E-state index contributed by atoms with van der Waals surface area (Å²) in [7, 11) is 1.72. The Morgan fingerprint density at radius 3 is 2.75 bits per heavy atom. The van der Waals surface area contributed by atoms with Gasteiger partial charge in [0.1, 0.15) is 22.9 Å². The Hall–Kier alpha value is -3.11. The third kappa shape index (κ3) is 3.49. The van der Waals surface area contributed by atoms with E-state index in [1.807, 2.05) is 23.7 Å². The Morgan fingerprint density at radius 1 is 1.19 bits per heavy atom. The molecule has 0 unspecified atom stereocenters. The zero-order chi connectivity index (χ0) is 22.2. The number of rotatable bonds is 6. The molecule has 0 spiro atoms. The first-order chi connectivity index (χ1) is 15.6. The monoisotopic (exact) mass is 436 g/mol. The first kappa shape index (κ1) is 20.8. The molecule has 0 N–H and O–H groups in total. The van der Waals surface area contributed by atoms with E-state index >= 15 is 0 Å². The smallest absolute Gasteiger partial charge is 0.182 e. The number of pyridine rings is 1. The van der Waals surface area contributed by atoms with Gasteiger partial charge >= 0.3 is 0 Å². The molecule has 1 aliphatic rings. The van der Waals surface area contributed by atoms with E-state index in [0.717, 1.165) is 65.0 Å². The Morgan fingerprint density at radius 2 is 2.00 bits per heavy atom. The van der Waals surface area contributed by atoms with E-state index in [4.69, 9.17) is 24.4 Å². The molecule has 1 fully saturated rings. The van der Waals surface area contributed by atoms with Crippen LogP contribution in [-0.4, -0.2) is 74.1 Å². The number of aromatic nitrogens is 7. The van der Waals surface area contributed by atoms with E-state index in [1.54, 1.807) is 7.11 Å². The molecule has 5 heterocycles. The minimum atomic E-state index is 0.0597. The molecule has 32 heavy (non-hydrogen) atoms. The standard InChI is InChI=1S/C22H28N8O2/c1-5-16-22-27-26-15(3)29(22)12-18(24-16)21-25-17-11-23-20(28-6-8-32-9-7-28)10-19(17)30(21)14(2)13-31-4/h10-12,14H,5-9,13H2,1-4H3/t14-/m0/s1. The maximum Gasteiger partial charge on any atom is 0.182 e. The molecule has 0 aliphatic carbocycles. The van der Waals surface area contributed by atoms with Crippen LogP contribution in [0.1, 0.15) is 31.4 Å². The minimum absolute atomic E-state index is 0.0597. The number of anilines is 1. The molecular weight excluding hydrogens is 408 g/mol. The van der Waals surface area contributed by atoms with Gasteiger partial charge in [-0.25, -0.2) is 15.0 Å². The second-order valence-electron chi connectivity index (χ2n) is 8.11. The van der Waals surface area contributed by atoms with Crippen molar-refractivity contribution >= 4 is 22.5 Å². The van der Waals surface area contributed by atoms with Crippen LogP contribution in [0.3, 0.4) is 0 Å². The summed E-state index contributed by atoms with van der Waals surface area (Å²) in [6, 6.07) is 2.18. The average molecular weight is 437 g/mol. The summed E-state index contributed by atoms with van der Waals surface area (Å²) in [5.74, 6) is 2.54. The average Bonchev–Trinajstić information content (AvgIpc) is 3.39. The largest absolute Gasteiger partial charge is 0.383 e. The van der Waals surface area contributed by atoms with Crippen LogP contribution in [0.25, 0.3) is 28.2 Å². The van der Waals surface area contributed by atoms with Gasteiger partial charge in [-0.15, -0.1) is 10.2 Å². The molecule has 1 aliphatic heterocycles. The fraction of sp³-hybridized carbons (Fsp3) is 0.500. The number of methoxy groups -OCH3 is 1. The van der Waals surface area contributed by atoms with E-state index in [1.165, 1.54) is 0 Å². The molecule has 0 radical (unpaired) electrons. The summed E-state index contributed by atoms with van der Waals surface area (Å²) < 4.78 is 15.2. The van der Waals surface area contributed by atoms with Crippen molar-refractivity contribution in [3.8, 4) is 11.5 Å². The normalized spacial score (nSPS) is 15.7. The summed E-state index contributed by atoms with van der Waals surface area (Å²) >= 11 is 0. The van der Waals surface area contributed by atoms with Gasteiger partial charge in [0.15, 0.2) is 11.5 Å². The van der Waals surface area contributed by atoms with E-state index in [2.05, 4.69) is 39.6 Å². The molecule has 10 heteroatoms. The van der Waals surface area contributed by atoms with Gasteiger partial charge in [-0.05, 0) is 20.3 Å². The van der Waals surface area contributed by atoms with Crippen LogP contribution < -0.4 is 4.90 Å². The number of ether oxygens (including phenoxy) is 2. The maximum atomic E-state index is 5.50. The van der Waals surface area contributed by atoms with Crippen LogP contribution in [0.5, 0.6) is 0 Å². The summed E-state index contributed by atoms with van der Waals surface area (Å²) in [6.07, 6.45) is 4.58. The molecule has 10 nitrogen and oxygen atoms in total. The third-order valence-corrected chi connectivity index (χ3v) is 5.94. The highest BCUT2D eigenvalue weighted by atomic mass is 16.5. The molecule has 4 aromatic rings. The van der Waals surface area contributed by atoms with E-state index < -0.39 is 0 Å². The summed E-state index contributed by atoms with van der Waals surface area (Å²) in [5, 5.41) is 8.53. The summed E-state index contributed by atoms with van der Waals surface area (Å²) in [4.78, 5) is 16.8. The van der Waals surface area contributed by atoms with Crippen LogP contribution >= 0.6 is 0 Å². The molecule has 1 saturated heterocycles. The van der Waals surface area contributed by atoms with Crippen molar-refractivity contribution in [2.45, 2.75) is 33.2 Å². The Kier molecular flexibility index (Phi) is 5.48. The number of hydrogen-bond acceptors (Lipinski definition) is 8. The number of imidazole rings is 1. The summed E-state index contributed by atoms with van der Waals surface area (Å²) in [5.41, 5.74) is 4.32. The zero-order valence-electron chi connectivity index (χ0n) is 18.9. The lowest BCUT2D eigenvalue weighted by molar-refractivity contribution is 0.122. The Bertz CT molecular complexity index is 1260. The SMILES string of the molecule is CCc1nc(-c2nc3cnc(N4CCOCC4)cc3n2[C@@H](C)COC)cn2c(C)nnc12. The maximum absolute atomic E-state index is 5.50. The lowest BCUT2D eigenvalue weighted by atomic mass is 10.2. The van der Waals surface area contributed by atoms with E-state index in [9.17, 15) is 0 Å². The zero-order valence-corrected chi connectivity index (χ0v) is 18.9. The summed E-state index contributed by atoms with van der Waals surface area (Å²) in [6.45, 7) is 9.80. The van der Waals surface area contributed by atoms with Crippen LogP contribution in [-0.2, 0) is 15.9 Å². The second kappa shape index (κ2) is 8.44. The topological polar surface area (TPSA) is 95.5 Å². The Balaban J connectivity index is 1.71. The lowest BCUT2D eigenvalue weighted by Gasteiger charge is -2.28. The number of hydrogen-bond donors (Lipinski definition) is 0. The van der Waals surface area contributed by atoms with Gasteiger partial charge in [-0.1, -0.05) is 6.92 Å². The fourth-order valence-electron chi connectivity index (χ4n) is 4.31. The van der Waals surface area contributed by atoms with Gasteiger partial charge < -0.3 is 18.9 Å². The van der Waals surface area contributed by atoms with Crippen molar-refractivity contribution in [3.05, 3.63) is 30.0 Å². The van der Waals surface area contributed by atoms with Gasteiger partial charge in [0.05, 0.1) is 43.3 Å². The number of fused-ring (bicyclic) bond motifs is 2. The second-order valence-corrected chi connectivity index (χ2v) is 8.11. The minimum Gasteiger partial charge on any atom is -0.383 e. The van der Waals surface area contributed by atoms with Crippen LogP contribution in [0.15, 0.2) is 18.5 Å². The molecular formula is C22H28N8O2. The number of morpholine rings is 1. The number of aryl methyl sites for hydroxylation is 2. The highest BCUT2D eigenvalue weighted by Gasteiger charge is 2.22. The highest BCUT2D eigenvalue weighted by molar-refractivity contribution is 5.82. The van der Waals surface area contributed by atoms with Crippen molar-refractivity contribution < 1.29 is 9.47 Å². The van der Waals surface area contributed by atoms with E-state index in [0.29, 0.717) is 19.8 Å². The van der Waals surface area contributed by atoms with Gasteiger partial charge in [0, 0.05) is 32.5 Å². The van der Waals surface area contributed by atoms with Crippen molar-refractivity contribution in [1.29, 1.82) is 0 Å². The predicted molar refractivity (Wildman–Crippen MR) is 121 cm³/mol. The van der Waals surface area contributed by atoms with Crippen molar-refractivity contribution in [3.63, 3.8) is 0 Å². The van der Waals surface area contributed by atoms with Crippen molar-refractivity contribution in [2.75, 3.05) is 44.9 Å².